The van der Waals surface area contributed by atoms with Crippen molar-refractivity contribution in [1.29, 1.82) is 0 Å². The Morgan fingerprint density at radius 2 is 1.58 bits per heavy atom. The minimum atomic E-state index is -4.37. The molecule has 3 aromatic rings. The SMILES string of the molecule is O=C(c1cccc(COc2ccc([N+](=O)[O-])cc2)c1)N1CCN(Cc2cccc(C(F)(F)F)c2)CC1. The number of non-ortho nitro benzene ring substituents is 1. The molecule has 0 aromatic heterocycles. The highest BCUT2D eigenvalue weighted by Crippen LogP contribution is 2.30. The van der Waals surface area contributed by atoms with E-state index in [1.165, 1.54) is 36.4 Å². The largest absolute Gasteiger partial charge is 0.489 e. The van der Waals surface area contributed by atoms with Crippen molar-refractivity contribution in [3.63, 3.8) is 0 Å². The number of ether oxygens (including phenoxy) is 1. The normalized spacial score (nSPS) is 14.5. The predicted molar refractivity (Wildman–Crippen MR) is 126 cm³/mol. The highest BCUT2D eigenvalue weighted by molar-refractivity contribution is 5.94. The van der Waals surface area contributed by atoms with E-state index in [0.717, 1.165) is 11.6 Å². The van der Waals surface area contributed by atoms with E-state index in [0.29, 0.717) is 49.6 Å². The van der Waals surface area contributed by atoms with Crippen molar-refractivity contribution < 1.29 is 27.6 Å². The molecular formula is C26H24F3N3O4. The third-order valence-corrected chi connectivity index (χ3v) is 5.95. The van der Waals surface area contributed by atoms with Gasteiger partial charge in [0.15, 0.2) is 0 Å². The van der Waals surface area contributed by atoms with E-state index in [9.17, 15) is 28.1 Å². The first-order valence-corrected chi connectivity index (χ1v) is 11.3. The molecule has 1 heterocycles. The summed E-state index contributed by atoms with van der Waals surface area (Å²) in [6, 6.07) is 18.2. The molecule has 0 saturated carbocycles. The zero-order chi connectivity index (χ0) is 25.7. The molecule has 0 spiro atoms. The van der Waals surface area contributed by atoms with Gasteiger partial charge in [0.25, 0.3) is 11.6 Å². The summed E-state index contributed by atoms with van der Waals surface area (Å²) in [5.74, 6) is 0.361. The maximum atomic E-state index is 13.0. The van der Waals surface area contributed by atoms with Gasteiger partial charge in [-0.05, 0) is 41.5 Å². The molecular weight excluding hydrogens is 475 g/mol. The van der Waals surface area contributed by atoms with Crippen molar-refractivity contribution in [2.45, 2.75) is 19.3 Å². The lowest BCUT2D eigenvalue weighted by atomic mass is 10.1. The van der Waals surface area contributed by atoms with Gasteiger partial charge >= 0.3 is 6.18 Å². The van der Waals surface area contributed by atoms with Crippen LogP contribution in [0.15, 0.2) is 72.8 Å². The number of nitro benzene ring substituents is 1. The van der Waals surface area contributed by atoms with E-state index in [2.05, 4.69) is 0 Å². The summed E-state index contributed by atoms with van der Waals surface area (Å²) in [5, 5.41) is 10.8. The van der Waals surface area contributed by atoms with Gasteiger partial charge in [-0.2, -0.15) is 13.2 Å². The highest BCUT2D eigenvalue weighted by atomic mass is 19.4. The molecule has 0 radical (unpaired) electrons. The van der Waals surface area contributed by atoms with Crippen molar-refractivity contribution in [1.82, 2.24) is 9.80 Å². The van der Waals surface area contributed by atoms with E-state index in [1.54, 1.807) is 29.2 Å². The van der Waals surface area contributed by atoms with Gasteiger partial charge in [0, 0.05) is 50.4 Å². The molecule has 1 amide bonds. The standard InChI is InChI=1S/C26H24F3N3O4/c27-26(28,29)22-6-2-3-19(16-22)17-30-11-13-31(14-12-30)25(33)21-5-1-4-20(15-21)18-36-24-9-7-23(8-10-24)32(34)35/h1-10,15-16H,11-14,17-18H2. The first-order chi connectivity index (χ1) is 17.2. The minimum Gasteiger partial charge on any atom is -0.489 e. The van der Waals surface area contributed by atoms with E-state index in [1.807, 2.05) is 11.0 Å². The summed E-state index contributed by atoms with van der Waals surface area (Å²) in [4.78, 5) is 27.1. The molecule has 1 saturated heterocycles. The number of halogens is 3. The maximum Gasteiger partial charge on any atom is 0.416 e. The number of piperazine rings is 1. The van der Waals surface area contributed by atoms with Crippen molar-refractivity contribution in [3.8, 4) is 5.75 Å². The van der Waals surface area contributed by atoms with E-state index < -0.39 is 16.7 Å². The summed E-state index contributed by atoms with van der Waals surface area (Å²) < 4.78 is 44.6. The number of carbonyl (C=O) groups is 1. The Hall–Kier alpha value is -3.92. The summed E-state index contributed by atoms with van der Waals surface area (Å²) in [6.07, 6.45) is -4.37. The molecule has 0 atom stereocenters. The van der Waals surface area contributed by atoms with Gasteiger partial charge in [-0.25, -0.2) is 0 Å². The molecule has 4 rings (SSSR count). The summed E-state index contributed by atoms with van der Waals surface area (Å²) in [7, 11) is 0. The van der Waals surface area contributed by atoms with Gasteiger partial charge in [-0.15, -0.1) is 0 Å². The van der Waals surface area contributed by atoms with Gasteiger partial charge in [-0.3, -0.25) is 19.8 Å². The fraction of sp³-hybridized carbons (Fsp3) is 0.269. The van der Waals surface area contributed by atoms with Crippen LogP contribution in [0.25, 0.3) is 0 Å². The average molecular weight is 499 g/mol. The molecule has 0 unspecified atom stereocenters. The van der Waals surface area contributed by atoms with Crippen molar-refractivity contribution in [3.05, 3.63) is 105 Å². The molecule has 1 aliphatic heterocycles. The lowest BCUT2D eigenvalue weighted by molar-refractivity contribution is -0.384. The monoisotopic (exact) mass is 499 g/mol. The number of amides is 1. The van der Waals surface area contributed by atoms with Crippen molar-refractivity contribution >= 4 is 11.6 Å². The second-order valence-corrected chi connectivity index (χ2v) is 8.51. The van der Waals surface area contributed by atoms with Gasteiger partial charge < -0.3 is 9.64 Å². The molecule has 10 heteroatoms. The molecule has 0 bridgehead atoms. The number of nitro groups is 1. The molecule has 3 aromatic carbocycles. The van der Waals surface area contributed by atoms with Crippen molar-refractivity contribution in [2.75, 3.05) is 26.2 Å². The third kappa shape index (κ3) is 6.39. The van der Waals surface area contributed by atoms with E-state index >= 15 is 0 Å². The molecule has 1 fully saturated rings. The fourth-order valence-electron chi connectivity index (χ4n) is 4.02. The number of hydrogen-bond acceptors (Lipinski definition) is 5. The first-order valence-electron chi connectivity index (χ1n) is 11.3. The van der Waals surface area contributed by atoms with Crippen LogP contribution in [0.5, 0.6) is 5.75 Å². The second-order valence-electron chi connectivity index (χ2n) is 8.51. The van der Waals surface area contributed by atoms with Crippen LogP contribution in [-0.4, -0.2) is 46.8 Å². The van der Waals surface area contributed by atoms with Gasteiger partial charge in [-0.1, -0.05) is 30.3 Å². The number of hydrogen-bond donors (Lipinski definition) is 0. The molecule has 36 heavy (non-hydrogen) atoms. The Labute approximate surface area is 205 Å². The smallest absolute Gasteiger partial charge is 0.416 e. The van der Waals surface area contributed by atoms with E-state index in [-0.39, 0.29) is 18.2 Å². The zero-order valence-corrected chi connectivity index (χ0v) is 19.3. The van der Waals surface area contributed by atoms with Crippen LogP contribution in [0, 0.1) is 10.1 Å². The highest BCUT2D eigenvalue weighted by Gasteiger charge is 2.30. The Kier molecular flexibility index (Phi) is 7.54. The lowest BCUT2D eigenvalue weighted by Crippen LogP contribution is -2.48. The quantitative estimate of drug-likeness (QED) is 0.332. The van der Waals surface area contributed by atoms with Crippen LogP contribution < -0.4 is 4.74 Å². The second kappa shape index (κ2) is 10.8. The first kappa shape index (κ1) is 25.2. The summed E-state index contributed by atoms with van der Waals surface area (Å²) in [6.45, 7) is 2.66. The minimum absolute atomic E-state index is 0.0233. The molecule has 7 nitrogen and oxygen atoms in total. The van der Waals surface area contributed by atoms with Crippen LogP contribution in [0.3, 0.4) is 0 Å². The van der Waals surface area contributed by atoms with Crippen LogP contribution in [0.4, 0.5) is 18.9 Å². The average Bonchev–Trinajstić information content (AvgIpc) is 2.87. The summed E-state index contributed by atoms with van der Waals surface area (Å²) >= 11 is 0. The number of rotatable bonds is 7. The number of nitrogens with zero attached hydrogens (tertiary/aromatic N) is 3. The Morgan fingerprint density at radius 3 is 2.25 bits per heavy atom. The van der Waals surface area contributed by atoms with Crippen molar-refractivity contribution in [2.24, 2.45) is 0 Å². The van der Waals surface area contributed by atoms with Gasteiger partial charge in [0.05, 0.1) is 10.5 Å². The maximum absolute atomic E-state index is 13.0. The van der Waals surface area contributed by atoms with Gasteiger partial charge in [0.2, 0.25) is 0 Å². The fourth-order valence-corrected chi connectivity index (χ4v) is 4.02. The predicted octanol–water partition coefficient (Wildman–Crippen LogP) is 5.15. The third-order valence-electron chi connectivity index (χ3n) is 5.95. The number of benzene rings is 3. The molecule has 188 valence electrons. The number of alkyl halides is 3. The lowest BCUT2D eigenvalue weighted by Gasteiger charge is -2.35. The Balaban J connectivity index is 1.30. The van der Waals surface area contributed by atoms with Crippen LogP contribution >= 0.6 is 0 Å². The Morgan fingerprint density at radius 1 is 0.917 bits per heavy atom. The van der Waals surface area contributed by atoms with Crippen LogP contribution in [0.2, 0.25) is 0 Å². The Bertz CT molecular complexity index is 1220. The molecule has 0 N–H and O–H groups in total. The summed E-state index contributed by atoms with van der Waals surface area (Å²) in [5.41, 5.74) is 1.20. The van der Waals surface area contributed by atoms with Gasteiger partial charge in [0.1, 0.15) is 12.4 Å². The molecule has 0 aliphatic carbocycles. The zero-order valence-electron chi connectivity index (χ0n) is 19.3. The number of carbonyl (C=O) groups excluding carboxylic acids is 1. The molecule has 1 aliphatic rings. The van der Waals surface area contributed by atoms with Crippen LogP contribution in [-0.2, 0) is 19.3 Å². The topological polar surface area (TPSA) is 75.9 Å². The van der Waals surface area contributed by atoms with Crippen LogP contribution in [0.1, 0.15) is 27.0 Å². The van der Waals surface area contributed by atoms with E-state index in [4.69, 9.17) is 4.74 Å².